The Morgan fingerprint density at radius 1 is 1.32 bits per heavy atom. The fraction of sp³-hybridized carbons (Fsp3) is 0.381. The first-order valence-corrected chi connectivity index (χ1v) is 8.98. The third-order valence-corrected chi connectivity index (χ3v) is 4.42. The number of nitrogens with one attached hydrogen (secondary N) is 1. The molecule has 1 amide bonds. The first-order chi connectivity index (χ1) is 13.5. The lowest BCUT2D eigenvalue weighted by molar-refractivity contribution is -0.119. The van der Waals surface area contributed by atoms with Gasteiger partial charge in [0.2, 0.25) is 11.8 Å². The van der Waals surface area contributed by atoms with Crippen LogP contribution >= 0.6 is 0 Å². The van der Waals surface area contributed by atoms with E-state index < -0.39 is 0 Å². The minimum atomic E-state index is -0.0239. The van der Waals surface area contributed by atoms with Crippen LogP contribution in [0.15, 0.2) is 18.3 Å². The molecule has 0 bridgehead atoms. The molecule has 0 unspecified atom stereocenters. The van der Waals surface area contributed by atoms with Crippen molar-refractivity contribution in [3.05, 3.63) is 29.5 Å². The Morgan fingerprint density at radius 3 is 2.79 bits per heavy atom. The van der Waals surface area contributed by atoms with Crippen LogP contribution in [0.5, 0.6) is 11.6 Å². The van der Waals surface area contributed by atoms with Crippen molar-refractivity contribution < 1.29 is 14.3 Å². The minimum Gasteiger partial charge on any atom is -0.495 e. The maximum absolute atomic E-state index is 11.4. The molecule has 0 aliphatic carbocycles. The van der Waals surface area contributed by atoms with Gasteiger partial charge in [-0.05, 0) is 32.6 Å². The van der Waals surface area contributed by atoms with Gasteiger partial charge in [-0.15, -0.1) is 0 Å². The van der Waals surface area contributed by atoms with Gasteiger partial charge in [0.05, 0.1) is 30.8 Å². The molecule has 7 nitrogen and oxygen atoms in total. The van der Waals surface area contributed by atoms with E-state index in [1.165, 1.54) is 7.11 Å². The van der Waals surface area contributed by atoms with Crippen molar-refractivity contribution in [1.29, 1.82) is 5.26 Å². The molecule has 1 aromatic heterocycles. The molecule has 3 rings (SSSR count). The lowest BCUT2D eigenvalue weighted by atomic mass is 10.0. The van der Waals surface area contributed by atoms with E-state index in [0.29, 0.717) is 36.8 Å². The summed E-state index contributed by atoms with van der Waals surface area (Å²) in [5, 5.41) is 13.8. The molecule has 7 heteroatoms. The molecular formula is C21H22N4O3. The number of pyridine rings is 1. The number of nitriles is 1. The molecule has 1 aliphatic rings. The summed E-state index contributed by atoms with van der Waals surface area (Å²) >= 11 is 0. The standard InChI is InChI=1S/C21H22N4O3/c1-25(2)8-4-5-14-12-23-21(28-13-16-6-7-20(26)24-16)18-10-19(27-3)15(11-22)9-17(14)18/h9-10,12,16H,6-8,13H2,1-3H3,(H,24,26)/t16-/m0/s1. The van der Waals surface area contributed by atoms with Crippen LogP contribution in [0.4, 0.5) is 0 Å². The van der Waals surface area contributed by atoms with Crippen LogP contribution in [0, 0.1) is 23.2 Å². The summed E-state index contributed by atoms with van der Waals surface area (Å²) in [5.41, 5.74) is 1.14. The first kappa shape index (κ1) is 19.5. The van der Waals surface area contributed by atoms with E-state index in [4.69, 9.17) is 9.47 Å². The highest BCUT2D eigenvalue weighted by molar-refractivity contribution is 5.94. The fourth-order valence-corrected chi connectivity index (χ4v) is 2.99. The molecule has 1 saturated heterocycles. The van der Waals surface area contributed by atoms with Gasteiger partial charge in [0.15, 0.2) is 0 Å². The number of amides is 1. The van der Waals surface area contributed by atoms with Crippen LogP contribution in [-0.2, 0) is 4.79 Å². The molecule has 2 heterocycles. The van der Waals surface area contributed by atoms with E-state index in [1.54, 1.807) is 18.3 Å². The number of hydrogen-bond donors (Lipinski definition) is 1. The van der Waals surface area contributed by atoms with E-state index in [-0.39, 0.29) is 11.9 Å². The average Bonchev–Trinajstić information content (AvgIpc) is 3.10. The number of ether oxygens (including phenoxy) is 2. The Balaban J connectivity index is 2.00. The maximum atomic E-state index is 11.4. The molecule has 144 valence electrons. The Morgan fingerprint density at radius 2 is 2.14 bits per heavy atom. The number of carbonyl (C=O) groups excluding carboxylic acids is 1. The van der Waals surface area contributed by atoms with Crippen molar-refractivity contribution in [2.75, 3.05) is 34.4 Å². The lowest BCUT2D eigenvalue weighted by Gasteiger charge is -2.14. The summed E-state index contributed by atoms with van der Waals surface area (Å²) in [5.74, 6) is 7.14. The Hall–Kier alpha value is -3.29. The number of aromatic nitrogens is 1. The number of hydrogen-bond acceptors (Lipinski definition) is 6. The minimum absolute atomic E-state index is 0.0239. The van der Waals surface area contributed by atoms with Gasteiger partial charge < -0.3 is 14.8 Å². The molecule has 1 fully saturated rings. The molecule has 1 aromatic carbocycles. The zero-order valence-corrected chi connectivity index (χ0v) is 16.2. The quantitative estimate of drug-likeness (QED) is 0.797. The molecule has 0 radical (unpaired) electrons. The van der Waals surface area contributed by atoms with Crippen molar-refractivity contribution in [3.63, 3.8) is 0 Å². The van der Waals surface area contributed by atoms with Crippen LogP contribution in [0.3, 0.4) is 0 Å². The predicted octanol–water partition coefficient (Wildman–Crippen LogP) is 1.69. The Labute approximate surface area is 164 Å². The summed E-state index contributed by atoms with van der Waals surface area (Å²) < 4.78 is 11.2. The molecular weight excluding hydrogens is 356 g/mol. The van der Waals surface area contributed by atoms with E-state index >= 15 is 0 Å². The smallest absolute Gasteiger partial charge is 0.221 e. The van der Waals surface area contributed by atoms with Crippen LogP contribution in [-0.4, -0.2) is 56.2 Å². The molecule has 0 spiro atoms. The SMILES string of the molecule is COc1cc2c(OC[C@@H]3CCC(=O)N3)ncc(C#CCN(C)C)c2cc1C#N. The van der Waals surface area contributed by atoms with E-state index in [1.807, 2.05) is 19.0 Å². The first-order valence-electron chi connectivity index (χ1n) is 8.98. The highest BCUT2D eigenvalue weighted by Gasteiger charge is 2.22. The van der Waals surface area contributed by atoms with Gasteiger partial charge in [-0.1, -0.05) is 11.8 Å². The summed E-state index contributed by atoms with van der Waals surface area (Å²) in [6.45, 7) is 0.949. The highest BCUT2D eigenvalue weighted by atomic mass is 16.5. The molecule has 2 aromatic rings. The maximum Gasteiger partial charge on any atom is 0.221 e. The third kappa shape index (κ3) is 4.33. The topological polar surface area (TPSA) is 87.5 Å². The Kier molecular flexibility index (Phi) is 5.98. The number of carbonyl (C=O) groups is 1. The lowest BCUT2D eigenvalue weighted by Crippen LogP contribution is -2.31. The molecule has 1 atom stereocenters. The summed E-state index contributed by atoms with van der Waals surface area (Å²) in [6.07, 6.45) is 2.91. The van der Waals surface area contributed by atoms with Gasteiger partial charge in [-0.2, -0.15) is 5.26 Å². The van der Waals surface area contributed by atoms with Crippen molar-refractivity contribution in [1.82, 2.24) is 15.2 Å². The average molecular weight is 378 g/mol. The largest absolute Gasteiger partial charge is 0.495 e. The van der Waals surface area contributed by atoms with Crippen LogP contribution in [0.2, 0.25) is 0 Å². The predicted molar refractivity (Wildman–Crippen MR) is 105 cm³/mol. The third-order valence-electron chi connectivity index (χ3n) is 4.42. The van der Waals surface area contributed by atoms with Gasteiger partial charge in [0, 0.05) is 23.4 Å². The van der Waals surface area contributed by atoms with Crippen LogP contribution in [0.1, 0.15) is 24.0 Å². The Bertz CT molecular complexity index is 999. The van der Waals surface area contributed by atoms with Gasteiger partial charge >= 0.3 is 0 Å². The number of rotatable bonds is 5. The molecule has 1 N–H and O–H groups in total. The van der Waals surface area contributed by atoms with Gasteiger partial charge in [-0.3, -0.25) is 9.69 Å². The van der Waals surface area contributed by atoms with Gasteiger partial charge in [0.25, 0.3) is 0 Å². The van der Waals surface area contributed by atoms with E-state index in [2.05, 4.69) is 28.2 Å². The van der Waals surface area contributed by atoms with Crippen molar-refractivity contribution in [2.24, 2.45) is 0 Å². The summed E-state index contributed by atoms with van der Waals surface area (Å²) in [4.78, 5) is 17.8. The zero-order chi connectivity index (χ0) is 20.1. The van der Waals surface area contributed by atoms with E-state index in [0.717, 1.165) is 22.8 Å². The number of fused-ring (bicyclic) bond motifs is 1. The molecule has 0 saturated carbocycles. The second-order valence-corrected chi connectivity index (χ2v) is 6.84. The fourth-order valence-electron chi connectivity index (χ4n) is 2.99. The van der Waals surface area contributed by atoms with Crippen LogP contribution in [0.25, 0.3) is 10.8 Å². The summed E-state index contributed by atoms with van der Waals surface area (Å²) in [7, 11) is 5.41. The number of benzene rings is 1. The van der Waals surface area contributed by atoms with Gasteiger partial charge in [-0.25, -0.2) is 4.98 Å². The zero-order valence-electron chi connectivity index (χ0n) is 16.2. The van der Waals surface area contributed by atoms with Crippen molar-refractivity contribution in [2.45, 2.75) is 18.9 Å². The van der Waals surface area contributed by atoms with Crippen molar-refractivity contribution >= 4 is 16.7 Å². The second kappa shape index (κ2) is 8.60. The number of nitrogens with zero attached hydrogens (tertiary/aromatic N) is 3. The highest BCUT2D eigenvalue weighted by Crippen LogP contribution is 2.32. The second-order valence-electron chi connectivity index (χ2n) is 6.84. The van der Waals surface area contributed by atoms with E-state index in [9.17, 15) is 10.1 Å². The van der Waals surface area contributed by atoms with Gasteiger partial charge in [0.1, 0.15) is 18.4 Å². The number of methoxy groups -OCH3 is 1. The normalized spacial score (nSPS) is 15.7. The van der Waals surface area contributed by atoms with Crippen LogP contribution < -0.4 is 14.8 Å². The molecule has 1 aliphatic heterocycles. The summed E-state index contributed by atoms with van der Waals surface area (Å²) in [6, 6.07) is 5.63. The molecule has 28 heavy (non-hydrogen) atoms. The van der Waals surface area contributed by atoms with Crippen molar-refractivity contribution in [3.8, 4) is 29.5 Å². The monoisotopic (exact) mass is 378 g/mol.